The van der Waals surface area contributed by atoms with Crippen molar-refractivity contribution in [1.29, 1.82) is 0 Å². The number of ether oxygens (including phenoxy) is 1. The van der Waals surface area contributed by atoms with E-state index in [1.54, 1.807) is 12.1 Å². The maximum absolute atomic E-state index is 15.2. The molecule has 0 heterocycles. The molecule has 202 valence electrons. The lowest BCUT2D eigenvalue weighted by Gasteiger charge is -2.10. The number of alkyl halides is 3. The maximum atomic E-state index is 15.2. The monoisotopic (exact) mass is 540 g/mol. The SMILES string of the molecule is CCCCCCCc1ccc(-c2ccc3c(F)c(C#Cc4cc(F)c(OC(F)(F)F)c(F)c4)ccc3c2)cc1. The molecule has 4 aromatic carbocycles. The fourth-order valence-electron chi connectivity index (χ4n) is 4.35. The second kappa shape index (κ2) is 12.3. The number of halogens is 6. The van der Waals surface area contributed by atoms with Gasteiger partial charge in [-0.3, -0.25) is 0 Å². The van der Waals surface area contributed by atoms with Gasteiger partial charge in [0, 0.05) is 10.9 Å². The Morgan fingerprint density at radius 3 is 2.05 bits per heavy atom. The molecule has 39 heavy (non-hydrogen) atoms. The van der Waals surface area contributed by atoms with E-state index in [0.29, 0.717) is 22.9 Å². The molecule has 0 N–H and O–H groups in total. The largest absolute Gasteiger partial charge is 0.573 e. The molecule has 0 aliphatic rings. The fraction of sp³-hybridized carbons (Fsp3) is 0.250. The Kier molecular flexibility index (Phi) is 8.86. The number of fused-ring (bicyclic) bond motifs is 1. The first-order chi connectivity index (χ1) is 18.6. The molecule has 0 aliphatic carbocycles. The minimum atomic E-state index is -5.25. The molecule has 0 bridgehead atoms. The van der Waals surface area contributed by atoms with Crippen LogP contribution in [0.25, 0.3) is 21.9 Å². The molecule has 0 aliphatic heterocycles. The fourth-order valence-corrected chi connectivity index (χ4v) is 4.35. The molecule has 0 atom stereocenters. The summed E-state index contributed by atoms with van der Waals surface area (Å²) in [6, 6.07) is 18.0. The van der Waals surface area contributed by atoms with Gasteiger partial charge in [0.2, 0.25) is 5.75 Å². The van der Waals surface area contributed by atoms with Crippen LogP contribution in [0.1, 0.15) is 55.7 Å². The van der Waals surface area contributed by atoms with Crippen LogP contribution in [-0.2, 0) is 6.42 Å². The van der Waals surface area contributed by atoms with E-state index in [2.05, 4.69) is 47.8 Å². The molecule has 0 aromatic heterocycles. The van der Waals surface area contributed by atoms with Gasteiger partial charge in [-0.2, -0.15) is 0 Å². The molecule has 0 amide bonds. The van der Waals surface area contributed by atoms with Gasteiger partial charge in [-0.05, 0) is 59.2 Å². The molecule has 1 nitrogen and oxygen atoms in total. The van der Waals surface area contributed by atoms with Crippen LogP contribution in [0.15, 0.2) is 66.7 Å². The van der Waals surface area contributed by atoms with Crippen LogP contribution in [0, 0.1) is 29.3 Å². The predicted octanol–water partition coefficient (Wildman–Crippen LogP) is 9.74. The van der Waals surface area contributed by atoms with Crippen molar-refractivity contribution in [3.05, 3.63) is 101 Å². The highest BCUT2D eigenvalue weighted by Gasteiger charge is 2.34. The second-order valence-corrected chi connectivity index (χ2v) is 9.29. The first kappa shape index (κ1) is 28.1. The molecular formula is C32H26F6O. The topological polar surface area (TPSA) is 9.23 Å². The van der Waals surface area contributed by atoms with E-state index in [1.165, 1.54) is 43.7 Å². The van der Waals surface area contributed by atoms with Gasteiger partial charge in [0.1, 0.15) is 5.82 Å². The average Bonchev–Trinajstić information content (AvgIpc) is 2.90. The molecule has 4 aromatic rings. The van der Waals surface area contributed by atoms with Crippen LogP contribution in [0.5, 0.6) is 5.75 Å². The smallest absolute Gasteiger partial charge is 0.399 e. The van der Waals surface area contributed by atoms with Crippen molar-refractivity contribution in [1.82, 2.24) is 0 Å². The lowest BCUT2D eigenvalue weighted by Crippen LogP contribution is -2.19. The Bertz CT molecular complexity index is 1490. The summed E-state index contributed by atoms with van der Waals surface area (Å²) in [5, 5.41) is 0.974. The van der Waals surface area contributed by atoms with Gasteiger partial charge in [-0.1, -0.05) is 86.9 Å². The van der Waals surface area contributed by atoms with Crippen molar-refractivity contribution in [2.75, 3.05) is 0 Å². The first-order valence-corrected chi connectivity index (χ1v) is 12.7. The van der Waals surface area contributed by atoms with Crippen molar-refractivity contribution in [3.8, 4) is 28.7 Å². The highest BCUT2D eigenvalue weighted by molar-refractivity contribution is 5.89. The number of unbranched alkanes of at least 4 members (excludes halogenated alkanes) is 4. The zero-order valence-electron chi connectivity index (χ0n) is 21.3. The third kappa shape index (κ3) is 7.35. The summed E-state index contributed by atoms with van der Waals surface area (Å²) >= 11 is 0. The summed E-state index contributed by atoms with van der Waals surface area (Å²) < 4.78 is 83.4. The number of rotatable bonds is 8. The normalized spacial score (nSPS) is 11.4. The van der Waals surface area contributed by atoms with Gasteiger partial charge in [0.05, 0.1) is 5.56 Å². The minimum absolute atomic E-state index is 0.0185. The maximum Gasteiger partial charge on any atom is 0.573 e. The van der Waals surface area contributed by atoms with Gasteiger partial charge in [-0.15, -0.1) is 13.2 Å². The van der Waals surface area contributed by atoms with E-state index in [1.807, 2.05) is 12.1 Å². The van der Waals surface area contributed by atoms with Gasteiger partial charge in [0.15, 0.2) is 11.6 Å². The average molecular weight is 541 g/mol. The van der Waals surface area contributed by atoms with Crippen LogP contribution in [0.2, 0.25) is 0 Å². The van der Waals surface area contributed by atoms with E-state index < -0.39 is 29.6 Å². The lowest BCUT2D eigenvalue weighted by atomic mass is 9.97. The molecule has 0 saturated heterocycles. The van der Waals surface area contributed by atoms with Gasteiger partial charge < -0.3 is 4.74 Å². The zero-order chi connectivity index (χ0) is 28.0. The van der Waals surface area contributed by atoms with Crippen molar-refractivity contribution in [2.45, 2.75) is 51.8 Å². The van der Waals surface area contributed by atoms with Crippen LogP contribution >= 0.6 is 0 Å². The Balaban J connectivity index is 1.51. The van der Waals surface area contributed by atoms with Gasteiger partial charge >= 0.3 is 6.36 Å². The van der Waals surface area contributed by atoms with Crippen molar-refractivity contribution in [3.63, 3.8) is 0 Å². The van der Waals surface area contributed by atoms with Crippen LogP contribution in [0.3, 0.4) is 0 Å². The van der Waals surface area contributed by atoms with E-state index in [-0.39, 0.29) is 11.1 Å². The van der Waals surface area contributed by atoms with E-state index in [9.17, 15) is 22.0 Å². The summed E-state index contributed by atoms with van der Waals surface area (Å²) in [7, 11) is 0. The van der Waals surface area contributed by atoms with E-state index in [4.69, 9.17) is 0 Å². The molecule has 0 saturated carbocycles. The molecule has 7 heteroatoms. The molecular weight excluding hydrogens is 514 g/mol. The Labute approximate surface area is 223 Å². The summed E-state index contributed by atoms with van der Waals surface area (Å²) in [6.45, 7) is 2.20. The highest BCUT2D eigenvalue weighted by Crippen LogP contribution is 2.30. The van der Waals surface area contributed by atoms with Crippen LogP contribution in [-0.4, -0.2) is 6.36 Å². The first-order valence-electron chi connectivity index (χ1n) is 12.7. The molecule has 4 rings (SSSR count). The third-order valence-corrected chi connectivity index (χ3v) is 6.37. The Morgan fingerprint density at radius 2 is 1.38 bits per heavy atom. The quantitative estimate of drug-likeness (QED) is 0.123. The summed E-state index contributed by atoms with van der Waals surface area (Å²) in [4.78, 5) is 0. The summed E-state index contributed by atoms with van der Waals surface area (Å²) in [5.74, 6) is -0.412. The van der Waals surface area contributed by atoms with E-state index >= 15 is 4.39 Å². The summed E-state index contributed by atoms with van der Waals surface area (Å²) in [5.41, 5.74) is 2.95. The van der Waals surface area contributed by atoms with Gasteiger partial charge in [0.25, 0.3) is 0 Å². The zero-order valence-corrected chi connectivity index (χ0v) is 21.3. The van der Waals surface area contributed by atoms with Crippen molar-refractivity contribution in [2.24, 2.45) is 0 Å². The number of benzene rings is 4. The molecule has 0 radical (unpaired) electrons. The van der Waals surface area contributed by atoms with E-state index in [0.717, 1.165) is 17.5 Å². The van der Waals surface area contributed by atoms with Crippen molar-refractivity contribution >= 4 is 10.8 Å². The van der Waals surface area contributed by atoms with Gasteiger partial charge in [-0.25, -0.2) is 13.2 Å². The third-order valence-electron chi connectivity index (χ3n) is 6.37. The minimum Gasteiger partial charge on any atom is -0.399 e. The number of hydrogen-bond acceptors (Lipinski definition) is 1. The Hall–Kier alpha value is -3.92. The standard InChI is InChI=1S/C32H26F6O/c1-2-3-4-5-6-7-21-8-11-23(12-9-21)25-16-17-27-26(20-25)15-14-24(30(27)35)13-10-22-18-28(33)31(29(34)19-22)39-32(36,37)38/h8-9,11-12,14-20H,2-7H2,1H3. The van der Waals surface area contributed by atoms with Crippen LogP contribution < -0.4 is 4.74 Å². The number of hydrogen-bond donors (Lipinski definition) is 0. The number of aryl methyl sites for hydroxylation is 1. The van der Waals surface area contributed by atoms with Crippen molar-refractivity contribution < 1.29 is 31.1 Å². The lowest BCUT2D eigenvalue weighted by molar-refractivity contribution is -0.276. The Morgan fingerprint density at radius 1 is 0.718 bits per heavy atom. The molecule has 0 unspecified atom stereocenters. The molecule has 0 fully saturated rings. The highest BCUT2D eigenvalue weighted by atomic mass is 19.4. The molecule has 0 spiro atoms. The summed E-state index contributed by atoms with van der Waals surface area (Å²) in [6.07, 6.45) is 1.95. The van der Waals surface area contributed by atoms with Crippen LogP contribution in [0.4, 0.5) is 26.3 Å². The second-order valence-electron chi connectivity index (χ2n) is 9.29. The predicted molar refractivity (Wildman–Crippen MR) is 141 cm³/mol.